The van der Waals surface area contributed by atoms with Gasteiger partial charge in [0.05, 0.1) is 17.2 Å². The lowest BCUT2D eigenvalue weighted by Gasteiger charge is -2.08. The maximum absolute atomic E-state index is 13.3. The van der Waals surface area contributed by atoms with Crippen molar-refractivity contribution in [3.8, 4) is 0 Å². The lowest BCUT2D eigenvalue weighted by Crippen LogP contribution is -2.14. The highest BCUT2D eigenvalue weighted by molar-refractivity contribution is 6.16. The molecule has 0 unspecified atom stereocenters. The van der Waals surface area contributed by atoms with Crippen LogP contribution in [-0.2, 0) is 0 Å². The number of carbonyl (C=O) groups is 1. The molecule has 0 atom stereocenters. The van der Waals surface area contributed by atoms with Crippen LogP contribution in [0.25, 0.3) is 22.2 Å². The van der Waals surface area contributed by atoms with Gasteiger partial charge in [-0.1, -0.05) is 48.5 Å². The van der Waals surface area contributed by atoms with E-state index in [4.69, 9.17) is 15.7 Å². The zero-order valence-corrected chi connectivity index (χ0v) is 18.3. The quantitative estimate of drug-likeness (QED) is 0.392. The van der Waals surface area contributed by atoms with E-state index in [0.717, 1.165) is 16.7 Å². The average Bonchev–Trinajstić information content (AvgIpc) is 3.09. The summed E-state index contributed by atoms with van der Waals surface area (Å²) < 4.78 is 1.47. The highest BCUT2D eigenvalue weighted by Gasteiger charge is 2.24. The molecule has 0 bridgehead atoms. The largest absolute Gasteiger partial charge is 0.383 e. The lowest BCUT2D eigenvalue weighted by atomic mass is 10.1. The first-order chi connectivity index (χ1) is 16.0. The molecule has 3 N–H and O–H groups in total. The van der Waals surface area contributed by atoms with Crippen molar-refractivity contribution >= 4 is 45.8 Å². The number of nitrogen functional groups attached to an aromatic ring is 1. The molecule has 5 rings (SSSR count). The predicted molar refractivity (Wildman–Crippen MR) is 133 cm³/mol. The summed E-state index contributed by atoms with van der Waals surface area (Å²) >= 11 is 0. The molecule has 3 aromatic carbocycles. The SMILES string of the molecule is Cc1ccc(NC(=O)c2c(N)n(/N=C/c3ccccc3)c3nc4ccccc4nc23)cc1C. The Hall–Kier alpha value is -4.52. The summed E-state index contributed by atoms with van der Waals surface area (Å²) in [5.74, 6) is -0.187. The van der Waals surface area contributed by atoms with Gasteiger partial charge in [-0.25, -0.2) is 9.97 Å². The van der Waals surface area contributed by atoms with Gasteiger partial charge in [0.15, 0.2) is 5.65 Å². The summed E-state index contributed by atoms with van der Waals surface area (Å²) in [6.45, 7) is 4.03. The predicted octanol–water partition coefficient (Wildman–Crippen LogP) is 4.92. The molecule has 33 heavy (non-hydrogen) atoms. The summed E-state index contributed by atoms with van der Waals surface area (Å²) in [7, 11) is 0. The highest BCUT2D eigenvalue weighted by Crippen LogP contribution is 2.29. The van der Waals surface area contributed by atoms with Crippen LogP contribution in [0.5, 0.6) is 0 Å². The minimum absolute atomic E-state index is 0.175. The Kier molecular flexibility index (Phi) is 5.06. The molecule has 0 saturated carbocycles. The van der Waals surface area contributed by atoms with Crippen LogP contribution >= 0.6 is 0 Å². The number of para-hydroxylation sites is 2. The van der Waals surface area contributed by atoms with E-state index in [1.165, 1.54) is 4.68 Å². The van der Waals surface area contributed by atoms with Crippen molar-refractivity contribution < 1.29 is 4.79 Å². The van der Waals surface area contributed by atoms with E-state index in [1.807, 2.05) is 86.6 Å². The number of benzene rings is 3. The summed E-state index contributed by atoms with van der Waals surface area (Å²) in [5.41, 5.74) is 12.7. The van der Waals surface area contributed by atoms with Crippen molar-refractivity contribution in [2.24, 2.45) is 5.10 Å². The van der Waals surface area contributed by atoms with E-state index in [0.29, 0.717) is 27.9 Å². The zero-order chi connectivity index (χ0) is 22.9. The van der Waals surface area contributed by atoms with Gasteiger partial charge in [0.1, 0.15) is 16.9 Å². The van der Waals surface area contributed by atoms with Gasteiger partial charge in [0.25, 0.3) is 5.91 Å². The fourth-order valence-corrected chi connectivity index (χ4v) is 3.66. The number of rotatable bonds is 4. The van der Waals surface area contributed by atoms with Crippen LogP contribution in [0.3, 0.4) is 0 Å². The van der Waals surface area contributed by atoms with Gasteiger partial charge in [-0.05, 0) is 54.8 Å². The summed E-state index contributed by atoms with van der Waals surface area (Å²) in [6, 6.07) is 22.9. The number of aromatic nitrogens is 3. The Morgan fingerprint density at radius 1 is 0.939 bits per heavy atom. The van der Waals surface area contributed by atoms with Gasteiger partial charge in [-0.3, -0.25) is 4.79 Å². The Balaban J connectivity index is 1.66. The number of fused-ring (bicyclic) bond motifs is 2. The topological polar surface area (TPSA) is 98.2 Å². The molecule has 0 radical (unpaired) electrons. The monoisotopic (exact) mass is 434 g/mol. The first-order valence-electron chi connectivity index (χ1n) is 10.6. The van der Waals surface area contributed by atoms with Crippen molar-refractivity contribution in [2.75, 3.05) is 11.1 Å². The molecule has 0 aliphatic heterocycles. The third kappa shape index (κ3) is 3.80. The molecule has 0 aliphatic rings. The van der Waals surface area contributed by atoms with Gasteiger partial charge in [-0.15, -0.1) is 0 Å². The molecule has 2 heterocycles. The van der Waals surface area contributed by atoms with E-state index in [1.54, 1.807) is 6.21 Å². The number of nitrogens with one attached hydrogen (secondary N) is 1. The van der Waals surface area contributed by atoms with Crippen molar-refractivity contribution in [1.29, 1.82) is 0 Å². The maximum Gasteiger partial charge on any atom is 0.261 e. The first-order valence-corrected chi connectivity index (χ1v) is 10.6. The number of hydrogen-bond acceptors (Lipinski definition) is 5. The number of amides is 1. The van der Waals surface area contributed by atoms with Gasteiger partial charge in [0, 0.05) is 5.69 Å². The molecule has 5 aromatic rings. The van der Waals surface area contributed by atoms with E-state index < -0.39 is 0 Å². The minimum atomic E-state index is -0.362. The number of carbonyl (C=O) groups excluding carboxylic acids is 1. The standard InChI is InChI=1S/C26H22N6O/c1-16-12-13-19(14-17(16)2)29-26(33)22-23-25(31-21-11-7-6-10-20(21)30-23)32(24(22)27)28-15-18-8-4-3-5-9-18/h3-15H,27H2,1-2H3,(H,29,33)/b28-15+. The molecular formula is C26H22N6O. The Morgan fingerprint density at radius 3 is 2.36 bits per heavy atom. The number of nitrogens with zero attached hydrogens (tertiary/aromatic N) is 4. The van der Waals surface area contributed by atoms with Crippen molar-refractivity contribution in [3.05, 3.63) is 95.1 Å². The smallest absolute Gasteiger partial charge is 0.261 e. The van der Waals surface area contributed by atoms with Gasteiger partial charge < -0.3 is 11.1 Å². The van der Waals surface area contributed by atoms with E-state index in [-0.39, 0.29) is 17.3 Å². The summed E-state index contributed by atoms with van der Waals surface area (Å²) in [5, 5.41) is 7.47. The highest BCUT2D eigenvalue weighted by atomic mass is 16.1. The average molecular weight is 435 g/mol. The summed E-state index contributed by atoms with van der Waals surface area (Å²) in [6.07, 6.45) is 1.68. The Labute approximate surface area is 190 Å². The number of aryl methyl sites for hydroxylation is 2. The van der Waals surface area contributed by atoms with Crippen LogP contribution in [0.1, 0.15) is 27.0 Å². The Morgan fingerprint density at radius 2 is 1.64 bits per heavy atom. The van der Waals surface area contributed by atoms with Crippen LogP contribution in [0, 0.1) is 13.8 Å². The van der Waals surface area contributed by atoms with Crippen LogP contribution in [0.4, 0.5) is 11.5 Å². The van der Waals surface area contributed by atoms with Crippen LogP contribution in [-0.4, -0.2) is 26.8 Å². The molecule has 7 heteroatoms. The lowest BCUT2D eigenvalue weighted by molar-refractivity contribution is 0.102. The fourth-order valence-electron chi connectivity index (χ4n) is 3.66. The van der Waals surface area contributed by atoms with Gasteiger partial charge in [0.2, 0.25) is 0 Å². The first kappa shape index (κ1) is 20.4. The normalized spacial score (nSPS) is 11.5. The molecule has 0 fully saturated rings. The van der Waals surface area contributed by atoms with E-state index in [2.05, 4.69) is 10.4 Å². The van der Waals surface area contributed by atoms with Gasteiger partial charge >= 0.3 is 0 Å². The van der Waals surface area contributed by atoms with Crippen LogP contribution < -0.4 is 11.1 Å². The second-order valence-corrected chi connectivity index (χ2v) is 7.86. The molecule has 0 saturated heterocycles. The molecule has 1 amide bonds. The third-order valence-corrected chi connectivity index (χ3v) is 5.59. The minimum Gasteiger partial charge on any atom is -0.383 e. The molecular weight excluding hydrogens is 412 g/mol. The fraction of sp³-hybridized carbons (Fsp3) is 0.0769. The van der Waals surface area contributed by atoms with E-state index in [9.17, 15) is 4.79 Å². The van der Waals surface area contributed by atoms with Crippen LogP contribution in [0.2, 0.25) is 0 Å². The third-order valence-electron chi connectivity index (χ3n) is 5.59. The van der Waals surface area contributed by atoms with Crippen molar-refractivity contribution in [3.63, 3.8) is 0 Å². The summed E-state index contributed by atoms with van der Waals surface area (Å²) in [4.78, 5) is 22.8. The number of anilines is 2. The molecule has 7 nitrogen and oxygen atoms in total. The Bertz CT molecular complexity index is 1540. The second-order valence-electron chi connectivity index (χ2n) is 7.86. The van der Waals surface area contributed by atoms with Crippen molar-refractivity contribution in [1.82, 2.24) is 14.6 Å². The van der Waals surface area contributed by atoms with Crippen LogP contribution in [0.15, 0.2) is 77.9 Å². The number of nitrogens with two attached hydrogens (primary N) is 1. The molecule has 0 spiro atoms. The van der Waals surface area contributed by atoms with Gasteiger partial charge in [-0.2, -0.15) is 9.78 Å². The maximum atomic E-state index is 13.3. The second kappa shape index (κ2) is 8.20. The molecule has 2 aromatic heterocycles. The van der Waals surface area contributed by atoms with E-state index >= 15 is 0 Å². The number of hydrogen-bond donors (Lipinski definition) is 2. The molecule has 0 aliphatic carbocycles. The van der Waals surface area contributed by atoms with Crippen molar-refractivity contribution in [2.45, 2.75) is 13.8 Å². The molecule has 162 valence electrons. The zero-order valence-electron chi connectivity index (χ0n) is 18.3.